The van der Waals surface area contributed by atoms with Crippen molar-refractivity contribution < 1.29 is 4.79 Å². The van der Waals surface area contributed by atoms with Crippen LogP contribution in [0.4, 0.5) is 11.5 Å². The van der Waals surface area contributed by atoms with E-state index in [4.69, 9.17) is 0 Å². The first kappa shape index (κ1) is 12.9. The van der Waals surface area contributed by atoms with Gasteiger partial charge in [-0.25, -0.2) is 0 Å². The number of ketones is 1. The highest BCUT2D eigenvalue weighted by Gasteiger charge is 2.28. The molecule has 2 aromatic rings. The standard InChI is InChI=1S/C16H19N3O/c1-3-11-6-4-5-7-12(11)17-16-15-13(18-19-16)8-10(2)9-14(15)20/h4-7,10H,3,8-9H2,1-2H3,(H2,17,18,19). The fraction of sp³-hybridized carbons (Fsp3) is 0.375. The Hall–Kier alpha value is -2.10. The van der Waals surface area contributed by atoms with E-state index in [0.29, 0.717) is 18.2 Å². The summed E-state index contributed by atoms with van der Waals surface area (Å²) in [5.74, 6) is 1.24. The molecule has 0 saturated heterocycles. The number of para-hydroxylation sites is 1. The molecule has 1 aromatic heterocycles. The van der Waals surface area contributed by atoms with Gasteiger partial charge < -0.3 is 5.32 Å². The van der Waals surface area contributed by atoms with Gasteiger partial charge in [0.1, 0.15) is 0 Å². The monoisotopic (exact) mass is 269 g/mol. The highest BCUT2D eigenvalue weighted by molar-refractivity contribution is 6.03. The molecule has 1 aromatic carbocycles. The summed E-state index contributed by atoms with van der Waals surface area (Å²) in [6.07, 6.45) is 2.45. The lowest BCUT2D eigenvalue weighted by Crippen LogP contribution is -2.17. The van der Waals surface area contributed by atoms with Gasteiger partial charge in [0.25, 0.3) is 0 Å². The van der Waals surface area contributed by atoms with E-state index in [-0.39, 0.29) is 5.78 Å². The fourth-order valence-electron chi connectivity index (χ4n) is 2.83. The molecular weight excluding hydrogens is 250 g/mol. The molecule has 0 aliphatic heterocycles. The Morgan fingerprint density at radius 2 is 2.15 bits per heavy atom. The molecule has 1 atom stereocenters. The van der Waals surface area contributed by atoms with Crippen LogP contribution in [-0.2, 0) is 12.8 Å². The molecule has 0 radical (unpaired) electrons. The molecule has 104 valence electrons. The van der Waals surface area contributed by atoms with Crippen molar-refractivity contribution >= 4 is 17.3 Å². The van der Waals surface area contributed by atoms with Crippen LogP contribution in [0.15, 0.2) is 24.3 Å². The number of benzene rings is 1. The topological polar surface area (TPSA) is 57.8 Å². The van der Waals surface area contributed by atoms with Crippen molar-refractivity contribution in [1.82, 2.24) is 10.2 Å². The number of carbonyl (C=O) groups is 1. The predicted molar refractivity (Wildman–Crippen MR) is 79.5 cm³/mol. The quantitative estimate of drug-likeness (QED) is 0.896. The third-order valence-corrected chi connectivity index (χ3v) is 3.86. The van der Waals surface area contributed by atoms with Crippen LogP contribution < -0.4 is 5.32 Å². The van der Waals surface area contributed by atoms with E-state index in [1.165, 1.54) is 5.56 Å². The number of H-pyrrole nitrogens is 1. The van der Waals surface area contributed by atoms with Gasteiger partial charge in [0.2, 0.25) is 0 Å². The summed E-state index contributed by atoms with van der Waals surface area (Å²) >= 11 is 0. The number of nitrogens with one attached hydrogen (secondary N) is 2. The van der Waals surface area contributed by atoms with Crippen LogP contribution in [0.5, 0.6) is 0 Å². The van der Waals surface area contributed by atoms with Crippen molar-refractivity contribution in [1.29, 1.82) is 0 Å². The van der Waals surface area contributed by atoms with Crippen molar-refractivity contribution in [3.8, 4) is 0 Å². The van der Waals surface area contributed by atoms with Crippen LogP contribution in [0.1, 0.15) is 41.9 Å². The van der Waals surface area contributed by atoms with Crippen LogP contribution in [0.3, 0.4) is 0 Å². The first-order chi connectivity index (χ1) is 9.69. The van der Waals surface area contributed by atoms with Crippen molar-refractivity contribution in [2.75, 3.05) is 5.32 Å². The Morgan fingerprint density at radius 3 is 2.95 bits per heavy atom. The van der Waals surface area contributed by atoms with Crippen LogP contribution in [0.25, 0.3) is 0 Å². The SMILES string of the molecule is CCc1ccccc1Nc1n[nH]c2c1C(=O)CC(C)C2. The van der Waals surface area contributed by atoms with E-state index in [1.807, 2.05) is 18.2 Å². The van der Waals surface area contributed by atoms with Crippen molar-refractivity contribution in [2.45, 2.75) is 33.1 Å². The number of aryl methyl sites for hydroxylation is 1. The van der Waals surface area contributed by atoms with Gasteiger partial charge in [-0.1, -0.05) is 32.0 Å². The second-order valence-corrected chi connectivity index (χ2v) is 5.50. The molecule has 1 aliphatic rings. The lowest BCUT2D eigenvalue weighted by Gasteiger charge is -2.17. The molecule has 3 rings (SSSR count). The Morgan fingerprint density at radius 1 is 1.35 bits per heavy atom. The summed E-state index contributed by atoms with van der Waals surface area (Å²) in [6, 6.07) is 8.13. The molecule has 1 heterocycles. The number of rotatable bonds is 3. The van der Waals surface area contributed by atoms with Gasteiger partial charge in [-0.3, -0.25) is 9.89 Å². The molecule has 0 fully saturated rings. The number of hydrogen-bond donors (Lipinski definition) is 2. The van der Waals surface area contributed by atoms with Gasteiger partial charge in [0.05, 0.1) is 5.56 Å². The molecular formula is C16H19N3O. The average molecular weight is 269 g/mol. The zero-order valence-electron chi connectivity index (χ0n) is 11.9. The fourth-order valence-corrected chi connectivity index (χ4v) is 2.83. The van der Waals surface area contributed by atoms with Crippen LogP contribution in [0.2, 0.25) is 0 Å². The van der Waals surface area contributed by atoms with Crippen LogP contribution in [0, 0.1) is 5.92 Å². The second kappa shape index (κ2) is 5.12. The number of aromatic nitrogens is 2. The predicted octanol–water partition coefficient (Wildman–Crippen LogP) is 3.48. The summed E-state index contributed by atoms with van der Waals surface area (Å²) in [5, 5.41) is 10.6. The number of carbonyl (C=O) groups excluding carboxylic acids is 1. The molecule has 0 amide bonds. The van der Waals surface area contributed by atoms with Gasteiger partial charge in [-0.2, -0.15) is 5.10 Å². The van der Waals surface area contributed by atoms with Crippen LogP contribution in [-0.4, -0.2) is 16.0 Å². The Labute approximate surface area is 118 Å². The molecule has 1 aliphatic carbocycles. The Bertz CT molecular complexity index is 645. The van der Waals surface area contributed by atoms with Gasteiger partial charge in [-0.15, -0.1) is 0 Å². The zero-order valence-corrected chi connectivity index (χ0v) is 11.9. The number of fused-ring (bicyclic) bond motifs is 1. The van der Waals surface area contributed by atoms with E-state index >= 15 is 0 Å². The molecule has 0 bridgehead atoms. The van der Waals surface area contributed by atoms with Gasteiger partial charge in [0.15, 0.2) is 11.6 Å². The molecule has 20 heavy (non-hydrogen) atoms. The third-order valence-electron chi connectivity index (χ3n) is 3.86. The maximum Gasteiger partial charge on any atom is 0.168 e. The largest absolute Gasteiger partial charge is 0.338 e. The normalized spacial score (nSPS) is 17.9. The molecule has 0 spiro atoms. The number of Topliss-reactive ketones (excluding diaryl/α,β-unsaturated/α-hetero) is 1. The number of aromatic amines is 1. The summed E-state index contributed by atoms with van der Waals surface area (Å²) in [7, 11) is 0. The Kier molecular flexibility index (Phi) is 3.30. The van der Waals surface area contributed by atoms with E-state index < -0.39 is 0 Å². The first-order valence-electron chi connectivity index (χ1n) is 7.14. The first-order valence-corrected chi connectivity index (χ1v) is 7.14. The van der Waals surface area contributed by atoms with Gasteiger partial charge >= 0.3 is 0 Å². The molecule has 1 unspecified atom stereocenters. The smallest absolute Gasteiger partial charge is 0.168 e. The average Bonchev–Trinajstić information content (AvgIpc) is 2.82. The molecule has 4 nitrogen and oxygen atoms in total. The number of anilines is 2. The highest BCUT2D eigenvalue weighted by Crippen LogP contribution is 2.31. The minimum absolute atomic E-state index is 0.184. The Balaban J connectivity index is 1.95. The second-order valence-electron chi connectivity index (χ2n) is 5.50. The number of nitrogens with zero attached hydrogens (tertiary/aromatic N) is 1. The summed E-state index contributed by atoms with van der Waals surface area (Å²) in [6.45, 7) is 4.22. The zero-order chi connectivity index (χ0) is 14.1. The van der Waals surface area contributed by atoms with Gasteiger partial charge in [0, 0.05) is 17.8 Å². The molecule has 2 N–H and O–H groups in total. The summed E-state index contributed by atoms with van der Waals surface area (Å²) < 4.78 is 0. The molecule has 0 saturated carbocycles. The van der Waals surface area contributed by atoms with E-state index in [0.717, 1.165) is 29.8 Å². The van der Waals surface area contributed by atoms with E-state index in [2.05, 4.69) is 35.4 Å². The lowest BCUT2D eigenvalue weighted by molar-refractivity contribution is 0.0954. The van der Waals surface area contributed by atoms with Gasteiger partial charge in [-0.05, 0) is 30.4 Å². The maximum absolute atomic E-state index is 12.2. The third kappa shape index (κ3) is 2.22. The number of hydrogen-bond acceptors (Lipinski definition) is 3. The summed E-state index contributed by atoms with van der Waals surface area (Å²) in [5.41, 5.74) is 3.95. The molecule has 4 heteroatoms. The van der Waals surface area contributed by atoms with Crippen LogP contribution >= 0.6 is 0 Å². The maximum atomic E-state index is 12.2. The van der Waals surface area contributed by atoms with Crippen molar-refractivity contribution in [3.05, 3.63) is 41.1 Å². The lowest BCUT2D eigenvalue weighted by atomic mass is 9.88. The minimum Gasteiger partial charge on any atom is -0.338 e. The highest BCUT2D eigenvalue weighted by atomic mass is 16.1. The summed E-state index contributed by atoms with van der Waals surface area (Å²) in [4.78, 5) is 12.2. The van der Waals surface area contributed by atoms with E-state index in [1.54, 1.807) is 0 Å². The van der Waals surface area contributed by atoms with Crippen molar-refractivity contribution in [3.63, 3.8) is 0 Å². The minimum atomic E-state index is 0.184. The van der Waals surface area contributed by atoms with E-state index in [9.17, 15) is 4.79 Å². The van der Waals surface area contributed by atoms with Crippen molar-refractivity contribution in [2.24, 2.45) is 5.92 Å².